The largest absolute Gasteiger partial charge is 0.507 e. The van der Waals surface area contributed by atoms with E-state index in [-0.39, 0.29) is 22.6 Å². The number of thioether (sulfide) groups is 1. The van der Waals surface area contributed by atoms with E-state index in [2.05, 4.69) is 24.0 Å². The maximum Gasteiger partial charge on any atom is 0.301 e. The third-order valence-electron chi connectivity index (χ3n) is 7.72. The summed E-state index contributed by atoms with van der Waals surface area (Å²) in [6, 6.07) is 16.9. The van der Waals surface area contributed by atoms with E-state index >= 15 is 0 Å². The molecule has 2 aliphatic rings. The Morgan fingerprint density at radius 3 is 2.74 bits per heavy atom. The Kier molecular flexibility index (Phi) is 9.61. The number of carbonyl (C=O) groups excluding carboxylic acids is 2. The molecule has 0 radical (unpaired) electrons. The molecule has 1 fully saturated rings. The number of hydrogen-bond acceptors (Lipinski definition) is 9. The SMILES string of the molecule is CC(C)CCOc1cccc(C2C(=C(O)c3ccc4c(c3)CC(C)O4)C(=O)C(=O)N2c2nnc(SCc3ccc(Cl)cc3Cl)s2)c1. The number of fused-ring (bicyclic) bond motifs is 1. The molecule has 8 nitrogen and oxygen atoms in total. The van der Waals surface area contributed by atoms with Crippen LogP contribution in [0.5, 0.6) is 11.5 Å². The fourth-order valence-electron chi connectivity index (χ4n) is 5.39. The van der Waals surface area contributed by atoms with Gasteiger partial charge in [-0.05, 0) is 78.4 Å². The summed E-state index contributed by atoms with van der Waals surface area (Å²) >= 11 is 15.0. The lowest BCUT2D eigenvalue weighted by Gasteiger charge is -2.23. The lowest BCUT2D eigenvalue weighted by molar-refractivity contribution is -0.132. The van der Waals surface area contributed by atoms with E-state index in [1.54, 1.807) is 30.3 Å². The van der Waals surface area contributed by atoms with E-state index in [0.29, 0.717) is 56.0 Å². The smallest absolute Gasteiger partial charge is 0.301 e. The minimum absolute atomic E-state index is 0.0107. The maximum absolute atomic E-state index is 13.7. The van der Waals surface area contributed by atoms with E-state index in [1.165, 1.54) is 28.0 Å². The van der Waals surface area contributed by atoms with Crippen LogP contribution in [0.3, 0.4) is 0 Å². The van der Waals surface area contributed by atoms with Gasteiger partial charge >= 0.3 is 5.91 Å². The first-order valence-corrected chi connectivity index (χ1v) is 17.4. The molecule has 6 rings (SSSR count). The highest BCUT2D eigenvalue weighted by molar-refractivity contribution is 8.00. The van der Waals surface area contributed by atoms with Crippen molar-refractivity contribution >= 4 is 68.9 Å². The first-order chi connectivity index (χ1) is 22.1. The molecule has 3 heterocycles. The predicted molar refractivity (Wildman–Crippen MR) is 182 cm³/mol. The van der Waals surface area contributed by atoms with Crippen molar-refractivity contribution in [1.29, 1.82) is 0 Å². The average molecular weight is 697 g/mol. The molecule has 1 N–H and O–H groups in total. The van der Waals surface area contributed by atoms with Gasteiger partial charge in [0.1, 0.15) is 23.4 Å². The predicted octanol–water partition coefficient (Wildman–Crippen LogP) is 8.51. The Hall–Kier alpha value is -3.57. The van der Waals surface area contributed by atoms with Crippen molar-refractivity contribution in [3.8, 4) is 11.5 Å². The number of anilines is 1. The molecule has 238 valence electrons. The van der Waals surface area contributed by atoms with E-state index in [0.717, 1.165) is 23.3 Å². The molecular weight excluding hydrogens is 665 g/mol. The van der Waals surface area contributed by atoms with Crippen LogP contribution in [0.4, 0.5) is 5.13 Å². The highest BCUT2D eigenvalue weighted by Crippen LogP contribution is 2.45. The summed E-state index contributed by atoms with van der Waals surface area (Å²) in [7, 11) is 0. The topological polar surface area (TPSA) is 102 Å². The molecule has 0 saturated carbocycles. The number of rotatable bonds is 10. The molecule has 1 amide bonds. The molecule has 0 spiro atoms. The van der Waals surface area contributed by atoms with Crippen molar-refractivity contribution in [2.75, 3.05) is 11.5 Å². The van der Waals surface area contributed by atoms with Crippen molar-refractivity contribution in [2.45, 2.75) is 55.9 Å². The summed E-state index contributed by atoms with van der Waals surface area (Å²) in [5.41, 5.74) is 2.79. The van der Waals surface area contributed by atoms with Crippen LogP contribution in [0.25, 0.3) is 5.76 Å². The third-order valence-corrected chi connectivity index (χ3v) is 10.4. The number of Topliss-reactive ketones (excluding diaryl/α,β-unsaturated/α-hetero) is 1. The van der Waals surface area contributed by atoms with Gasteiger partial charge < -0.3 is 14.6 Å². The highest BCUT2D eigenvalue weighted by atomic mass is 35.5. The van der Waals surface area contributed by atoms with Gasteiger partial charge in [0.25, 0.3) is 5.78 Å². The lowest BCUT2D eigenvalue weighted by Crippen LogP contribution is -2.29. The zero-order chi connectivity index (χ0) is 32.5. The lowest BCUT2D eigenvalue weighted by atomic mass is 9.94. The zero-order valence-corrected chi connectivity index (χ0v) is 28.5. The normalized spacial score (nSPS) is 18.7. The summed E-state index contributed by atoms with van der Waals surface area (Å²) < 4.78 is 12.4. The number of aliphatic hydroxyl groups is 1. The van der Waals surface area contributed by atoms with Crippen LogP contribution in [-0.4, -0.2) is 39.7 Å². The molecule has 2 aliphatic heterocycles. The van der Waals surface area contributed by atoms with Crippen LogP contribution in [0.2, 0.25) is 10.0 Å². The number of hydrogen-bond donors (Lipinski definition) is 1. The van der Waals surface area contributed by atoms with Crippen LogP contribution >= 0.6 is 46.3 Å². The summed E-state index contributed by atoms with van der Waals surface area (Å²) in [4.78, 5) is 28.8. The summed E-state index contributed by atoms with van der Waals surface area (Å²) in [5.74, 6) is 0.433. The Morgan fingerprint density at radius 1 is 1.13 bits per heavy atom. The number of benzene rings is 3. The quantitative estimate of drug-likeness (QED) is 0.0579. The number of aliphatic hydroxyl groups excluding tert-OH is 1. The fourth-order valence-corrected chi connectivity index (χ4v) is 7.82. The van der Waals surface area contributed by atoms with E-state index < -0.39 is 17.7 Å². The van der Waals surface area contributed by atoms with Gasteiger partial charge in [-0.1, -0.05) is 78.3 Å². The molecule has 2 unspecified atom stereocenters. The number of amides is 1. The molecule has 4 aromatic rings. The highest BCUT2D eigenvalue weighted by Gasteiger charge is 2.48. The number of aromatic nitrogens is 2. The van der Waals surface area contributed by atoms with Crippen molar-refractivity contribution < 1.29 is 24.2 Å². The average Bonchev–Trinajstić information content (AvgIpc) is 3.71. The Labute approximate surface area is 285 Å². The summed E-state index contributed by atoms with van der Waals surface area (Å²) in [5, 5.41) is 21.6. The van der Waals surface area contributed by atoms with Gasteiger partial charge in [-0.15, -0.1) is 10.2 Å². The number of carbonyl (C=O) groups is 2. The molecule has 0 aliphatic carbocycles. The fraction of sp³-hybridized carbons (Fsp3) is 0.294. The number of nitrogens with zero attached hydrogens (tertiary/aromatic N) is 3. The number of halogens is 2. The second kappa shape index (κ2) is 13.7. The van der Waals surface area contributed by atoms with Gasteiger partial charge in [-0.3, -0.25) is 14.5 Å². The molecule has 2 atom stereocenters. The third kappa shape index (κ3) is 6.76. The maximum atomic E-state index is 13.7. The van der Waals surface area contributed by atoms with Crippen LogP contribution in [0.1, 0.15) is 55.5 Å². The number of ketones is 1. The van der Waals surface area contributed by atoms with Crippen LogP contribution < -0.4 is 14.4 Å². The first-order valence-electron chi connectivity index (χ1n) is 14.8. The van der Waals surface area contributed by atoms with Gasteiger partial charge in [0.05, 0.1) is 18.2 Å². The van der Waals surface area contributed by atoms with Crippen molar-refractivity contribution in [3.63, 3.8) is 0 Å². The minimum Gasteiger partial charge on any atom is -0.507 e. The van der Waals surface area contributed by atoms with Crippen LogP contribution in [-0.2, 0) is 21.8 Å². The van der Waals surface area contributed by atoms with Gasteiger partial charge in [-0.25, -0.2) is 0 Å². The molecular formula is C34H31Cl2N3O5S2. The Bertz CT molecular complexity index is 1840. The second-order valence-corrected chi connectivity index (χ2v) is 14.6. The first kappa shape index (κ1) is 32.4. The molecule has 12 heteroatoms. The van der Waals surface area contributed by atoms with Gasteiger partial charge in [-0.2, -0.15) is 0 Å². The van der Waals surface area contributed by atoms with Crippen molar-refractivity contribution in [3.05, 3.63) is 98.5 Å². The molecule has 0 bridgehead atoms. The Morgan fingerprint density at radius 2 is 1.96 bits per heavy atom. The van der Waals surface area contributed by atoms with Gasteiger partial charge in [0, 0.05) is 27.8 Å². The molecule has 3 aromatic carbocycles. The molecule has 1 saturated heterocycles. The number of ether oxygens (including phenoxy) is 2. The minimum atomic E-state index is -0.964. The van der Waals surface area contributed by atoms with E-state index in [1.807, 2.05) is 37.3 Å². The van der Waals surface area contributed by atoms with E-state index in [9.17, 15) is 14.7 Å². The Balaban J connectivity index is 1.37. The molecule has 1 aromatic heterocycles. The van der Waals surface area contributed by atoms with Crippen molar-refractivity contribution in [2.24, 2.45) is 5.92 Å². The van der Waals surface area contributed by atoms with Crippen LogP contribution in [0, 0.1) is 5.92 Å². The van der Waals surface area contributed by atoms with Crippen molar-refractivity contribution in [1.82, 2.24) is 10.2 Å². The zero-order valence-electron chi connectivity index (χ0n) is 25.3. The van der Waals surface area contributed by atoms with E-state index in [4.69, 9.17) is 32.7 Å². The summed E-state index contributed by atoms with van der Waals surface area (Å²) in [6.45, 7) is 6.74. The monoisotopic (exact) mass is 695 g/mol. The standard InChI is InChI=1S/C34H31Cl2N3O5S2/c1-18(2)11-12-43-25-6-4-5-20(15-25)29-28(30(40)21-8-10-27-23(14-21)13-19(3)44-27)31(41)32(42)39(29)33-37-38-34(46-33)45-17-22-7-9-24(35)16-26(22)36/h4-10,14-16,18-19,29,40H,11-13,17H2,1-3H3. The van der Waals surface area contributed by atoms with Gasteiger partial charge in [0.15, 0.2) is 4.34 Å². The van der Waals surface area contributed by atoms with Crippen LogP contribution in [0.15, 0.2) is 70.6 Å². The molecule has 46 heavy (non-hydrogen) atoms. The summed E-state index contributed by atoms with van der Waals surface area (Å²) in [6.07, 6.45) is 1.56. The van der Waals surface area contributed by atoms with Gasteiger partial charge in [0.2, 0.25) is 5.13 Å². The second-order valence-electron chi connectivity index (χ2n) is 11.6.